The van der Waals surface area contributed by atoms with Crippen LogP contribution in [0.2, 0.25) is 0 Å². The zero-order valence-electron chi connectivity index (χ0n) is 9.71. The number of anilines is 1. The van der Waals surface area contributed by atoms with Gasteiger partial charge in [-0.3, -0.25) is 4.57 Å². The van der Waals surface area contributed by atoms with Gasteiger partial charge >= 0.3 is 5.69 Å². The van der Waals surface area contributed by atoms with E-state index in [9.17, 15) is 14.9 Å². The standard InChI is InChI=1S/C9H12N4O6/c10-7-1-2-12(9(15)11-7)8-3-5(19-13(16)17)6(4-14)18-8/h1-2,5-6,8,14H,3-4H2,(H2,10,11,15). The van der Waals surface area contributed by atoms with E-state index >= 15 is 0 Å². The van der Waals surface area contributed by atoms with Crippen LogP contribution in [-0.2, 0) is 9.57 Å². The minimum absolute atomic E-state index is 0.0533. The molecule has 1 saturated heterocycles. The monoisotopic (exact) mass is 272 g/mol. The number of nitrogens with two attached hydrogens (primary N) is 1. The summed E-state index contributed by atoms with van der Waals surface area (Å²) < 4.78 is 6.47. The van der Waals surface area contributed by atoms with Gasteiger partial charge in [0, 0.05) is 12.6 Å². The number of nitrogens with zero attached hydrogens (tertiary/aromatic N) is 3. The summed E-state index contributed by atoms with van der Waals surface area (Å²) in [6.07, 6.45) is -1.17. The van der Waals surface area contributed by atoms with Gasteiger partial charge in [0.05, 0.1) is 6.61 Å². The maximum absolute atomic E-state index is 11.6. The van der Waals surface area contributed by atoms with Gasteiger partial charge in [-0.05, 0) is 6.07 Å². The van der Waals surface area contributed by atoms with Gasteiger partial charge in [0.15, 0.2) is 0 Å². The first-order valence-electron chi connectivity index (χ1n) is 5.43. The molecule has 1 aliphatic rings. The number of aliphatic hydroxyl groups is 1. The Morgan fingerprint density at radius 3 is 3.05 bits per heavy atom. The molecule has 10 heteroatoms. The Kier molecular flexibility index (Phi) is 3.62. The van der Waals surface area contributed by atoms with Crippen molar-refractivity contribution in [1.82, 2.24) is 9.55 Å². The van der Waals surface area contributed by atoms with Crippen molar-refractivity contribution in [2.45, 2.75) is 24.9 Å². The summed E-state index contributed by atoms with van der Waals surface area (Å²) in [5.74, 6) is 0.0658. The number of aliphatic hydroxyl groups excluding tert-OH is 1. The lowest BCUT2D eigenvalue weighted by atomic mass is 10.2. The number of rotatable bonds is 4. The van der Waals surface area contributed by atoms with Crippen LogP contribution in [0.4, 0.5) is 5.82 Å². The van der Waals surface area contributed by atoms with Gasteiger partial charge in [0.1, 0.15) is 24.3 Å². The normalized spacial score (nSPS) is 26.3. The molecule has 1 fully saturated rings. The number of nitrogen functional groups attached to an aromatic ring is 1. The minimum Gasteiger partial charge on any atom is -0.394 e. The van der Waals surface area contributed by atoms with Crippen molar-refractivity contribution in [3.05, 3.63) is 32.9 Å². The molecule has 19 heavy (non-hydrogen) atoms. The molecule has 0 radical (unpaired) electrons. The molecule has 1 aromatic rings. The fourth-order valence-electron chi connectivity index (χ4n) is 1.90. The summed E-state index contributed by atoms with van der Waals surface area (Å²) in [5, 5.41) is 18.4. The van der Waals surface area contributed by atoms with E-state index in [1.165, 1.54) is 12.3 Å². The Bertz CT molecular complexity index is 532. The Labute approximate surface area is 106 Å². The number of hydrogen-bond acceptors (Lipinski definition) is 8. The van der Waals surface area contributed by atoms with Gasteiger partial charge in [-0.2, -0.15) is 4.98 Å². The van der Waals surface area contributed by atoms with Crippen LogP contribution >= 0.6 is 0 Å². The van der Waals surface area contributed by atoms with E-state index in [0.717, 1.165) is 4.57 Å². The highest BCUT2D eigenvalue weighted by molar-refractivity contribution is 5.23. The third-order valence-corrected chi connectivity index (χ3v) is 2.74. The van der Waals surface area contributed by atoms with Crippen molar-refractivity contribution < 1.29 is 19.8 Å². The van der Waals surface area contributed by atoms with Crippen molar-refractivity contribution in [2.75, 3.05) is 12.3 Å². The fraction of sp³-hybridized carbons (Fsp3) is 0.556. The molecule has 3 N–H and O–H groups in total. The van der Waals surface area contributed by atoms with E-state index in [1.54, 1.807) is 0 Å². The number of hydrogen-bond donors (Lipinski definition) is 2. The highest BCUT2D eigenvalue weighted by Gasteiger charge is 2.38. The molecule has 0 aromatic carbocycles. The summed E-state index contributed by atoms with van der Waals surface area (Å²) in [6.45, 7) is -0.452. The molecular weight excluding hydrogens is 260 g/mol. The fourth-order valence-corrected chi connectivity index (χ4v) is 1.90. The lowest BCUT2D eigenvalue weighted by Gasteiger charge is -2.14. The van der Waals surface area contributed by atoms with Crippen LogP contribution in [0.3, 0.4) is 0 Å². The molecule has 1 aliphatic heterocycles. The molecule has 3 unspecified atom stereocenters. The maximum atomic E-state index is 11.6. The Morgan fingerprint density at radius 2 is 2.47 bits per heavy atom. The molecule has 3 atom stereocenters. The van der Waals surface area contributed by atoms with Gasteiger partial charge in [-0.25, -0.2) is 4.79 Å². The quantitative estimate of drug-likeness (QED) is 0.507. The predicted octanol–water partition coefficient (Wildman–Crippen LogP) is -1.32. The molecule has 0 bridgehead atoms. The molecular formula is C9H12N4O6. The topological polar surface area (TPSA) is 143 Å². The molecule has 0 aliphatic carbocycles. The van der Waals surface area contributed by atoms with Crippen LogP contribution in [0.5, 0.6) is 0 Å². The summed E-state index contributed by atoms with van der Waals surface area (Å²) in [4.78, 5) is 29.9. The third-order valence-electron chi connectivity index (χ3n) is 2.74. The maximum Gasteiger partial charge on any atom is 0.351 e. The van der Waals surface area contributed by atoms with Crippen molar-refractivity contribution in [1.29, 1.82) is 0 Å². The molecule has 0 saturated carbocycles. The van der Waals surface area contributed by atoms with E-state index < -0.39 is 35.8 Å². The second kappa shape index (κ2) is 5.20. The molecule has 1 aromatic heterocycles. The Morgan fingerprint density at radius 1 is 1.74 bits per heavy atom. The second-order valence-electron chi connectivity index (χ2n) is 3.96. The molecule has 10 nitrogen and oxygen atoms in total. The first-order valence-corrected chi connectivity index (χ1v) is 5.43. The highest BCUT2D eigenvalue weighted by Crippen LogP contribution is 2.29. The summed E-state index contributed by atoms with van der Waals surface area (Å²) >= 11 is 0. The smallest absolute Gasteiger partial charge is 0.351 e. The molecule has 0 spiro atoms. The summed E-state index contributed by atoms with van der Waals surface area (Å²) in [7, 11) is 0. The van der Waals surface area contributed by atoms with Crippen LogP contribution in [-0.4, -0.2) is 38.6 Å². The molecule has 0 amide bonds. The van der Waals surface area contributed by atoms with Gasteiger partial charge in [-0.1, -0.05) is 0 Å². The molecule has 104 valence electrons. The van der Waals surface area contributed by atoms with E-state index in [4.69, 9.17) is 15.6 Å². The second-order valence-corrected chi connectivity index (χ2v) is 3.96. The lowest BCUT2D eigenvalue weighted by Crippen LogP contribution is -2.29. The van der Waals surface area contributed by atoms with Gasteiger partial charge < -0.3 is 20.4 Å². The van der Waals surface area contributed by atoms with E-state index in [1.807, 2.05) is 0 Å². The van der Waals surface area contributed by atoms with Crippen LogP contribution < -0.4 is 11.4 Å². The van der Waals surface area contributed by atoms with Gasteiger partial charge in [0.2, 0.25) is 0 Å². The Hall–Kier alpha value is -2.20. The summed E-state index contributed by atoms with van der Waals surface area (Å²) in [6, 6.07) is 1.40. The third kappa shape index (κ3) is 2.80. The van der Waals surface area contributed by atoms with E-state index in [-0.39, 0.29) is 12.2 Å². The first-order chi connectivity index (χ1) is 9.01. The zero-order valence-corrected chi connectivity index (χ0v) is 9.71. The number of ether oxygens (including phenoxy) is 1. The van der Waals surface area contributed by atoms with Crippen LogP contribution in [0.1, 0.15) is 12.6 Å². The van der Waals surface area contributed by atoms with Gasteiger partial charge in [-0.15, -0.1) is 10.1 Å². The highest BCUT2D eigenvalue weighted by atomic mass is 17.0. The lowest BCUT2D eigenvalue weighted by molar-refractivity contribution is -0.769. The molecule has 2 rings (SSSR count). The molecule has 2 heterocycles. The Balaban J connectivity index is 2.19. The zero-order chi connectivity index (χ0) is 14.0. The SMILES string of the molecule is Nc1ccn(C2CC(O[N+](=O)[O-])C(CO)O2)c(=O)n1. The van der Waals surface area contributed by atoms with Crippen LogP contribution in [0.15, 0.2) is 17.1 Å². The van der Waals surface area contributed by atoms with Gasteiger partial charge in [0.25, 0.3) is 5.09 Å². The average Bonchev–Trinajstić information content (AvgIpc) is 2.71. The van der Waals surface area contributed by atoms with E-state index in [2.05, 4.69) is 9.82 Å². The van der Waals surface area contributed by atoms with Crippen molar-refractivity contribution in [3.8, 4) is 0 Å². The first kappa shape index (κ1) is 13.2. The van der Waals surface area contributed by atoms with E-state index in [0.29, 0.717) is 0 Å². The summed E-state index contributed by atoms with van der Waals surface area (Å²) in [5.41, 5.74) is 4.72. The minimum atomic E-state index is -0.955. The van der Waals surface area contributed by atoms with Crippen molar-refractivity contribution in [3.63, 3.8) is 0 Å². The van der Waals surface area contributed by atoms with Crippen molar-refractivity contribution in [2.24, 2.45) is 0 Å². The largest absolute Gasteiger partial charge is 0.394 e. The van der Waals surface area contributed by atoms with Crippen LogP contribution in [0.25, 0.3) is 0 Å². The number of aromatic nitrogens is 2. The van der Waals surface area contributed by atoms with Crippen LogP contribution in [0, 0.1) is 10.1 Å². The predicted molar refractivity (Wildman–Crippen MR) is 60.4 cm³/mol. The van der Waals surface area contributed by atoms with Crippen molar-refractivity contribution >= 4 is 5.82 Å². The average molecular weight is 272 g/mol.